The summed E-state index contributed by atoms with van der Waals surface area (Å²) < 4.78 is 5.94. The molecule has 3 heterocycles. The number of urea groups is 1. The number of nitrogens with one attached hydrogen (secondary N) is 1. The number of halogens is 1. The number of hydrogen-bond donors (Lipinski definition) is 1. The van der Waals surface area contributed by atoms with Crippen LogP contribution in [0, 0.1) is 6.92 Å². The molecule has 2 amide bonds. The summed E-state index contributed by atoms with van der Waals surface area (Å²) in [6.45, 7) is 3.90. The van der Waals surface area contributed by atoms with Crippen LogP contribution in [0.5, 0.6) is 0 Å². The highest BCUT2D eigenvalue weighted by atomic mass is 79.9. The van der Waals surface area contributed by atoms with Crippen molar-refractivity contribution >= 4 is 66.7 Å². The van der Waals surface area contributed by atoms with Crippen molar-refractivity contribution in [1.29, 1.82) is 0 Å². The van der Waals surface area contributed by atoms with E-state index >= 15 is 0 Å². The van der Waals surface area contributed by atoms with Crippen LogP contribution in [0.4, 0.5) is 22.0 Å². The van der Waals surface area contributed by atoms with Crippen LogP contribution in [0.25, 0.3) is 10.2 Å². The lowest BCUT2D eigenvalue weighted by atomic mass is 10.1. The Labute approximate surface area is 161 Å². The third-order valence-corrected chi connectivity index (χ3v) is 5.56. The molecule has 4 rings (SSSR count). The molecule has 1 N–H and O–H groups in total. The molecular weight excluding hydrogens is 420 g/mol. The van der Waals surface area contributed by atoms with E-state index in [2.05, 4.69) is 31.2 Å². The lowest BCUT2D eigenvalue weighted by Gasteiger charge is -2.28. The Balaban J connectivity index is 1.96. The van der Waals surface area contributed by atoms with E-state index in [0.29, 0.717) is 32.3 Å². The normalized spacial score (nSPS) is 13.0. The van der Waals surface area contributed by atoms with Crippen LogP contribution >= 0.6 is 27.3 Å². The van der Waals surface area contributed by atoms with Crippen LogP contribution in [0.1, 0.15) is 22.2 Å². The fourth-order valence-corrected chi connectivity index (χ4v) is 4.19. The van der Waals surface area contributed by atoms with Gasteiger partial charge in [0.15, 0.2) is 5.82 Å². The van der Waals surface area contributed by atoms with Gasteiger partial charge in [-0.15, -0.1) is 11.3 Å². The zero-order valence-corrected chi connectivity index (χ0v) is 16.3. The number of carbonyl (C=O) groups excluding carboxylic acids is 2. The van der Waals surface area contributed by atoms with Crippen LogP contribution in [0.15, 0.2) is 29.0 Å². The number of nitrogens with zero attached hydrogens (tertiary/aromatic N) is 3. The number of rotatable bonds is 3. The summed E-state index contributed by atoms with van der Waals surface area (Å²) in [6, 6.07) is 5.29. The maximum absolute atomic E-state index is 12.9. The minimum absolute atomic E-state index is 0.252. The highest BCUT2D eigenvalue weighted by molar-refractivity contribution is 9.10. The fourth-order valence-electron chi connectivity index (χ4n) is 2.85. The third kappa shape index (κ3) is 2.55. The van der Waals surface area contributed by atoms with E-state index < -0.39 is 5.97 Å². The number of aryl methyl sites for hydroxylation is 1. The number of amides is 2. The Morgan fingerprint density at radius 3 is 2.96 bits per heavy atom. The molecule has 0 spiro atoms. The van der Waals surface area contributed by atoms with E-state index in [0.717, 1.165) is 10.0 Å². The van der Waals surface area contributed by atoms with Crippen LogP contribution < -0.4 is 10.2 Å². The van der Waals surface area contributed by atoms with Crippen LogP contribution in [-0.2, 0) is 4.74 Å². The molecule has 0 saturated carbocycles. The summed E-state index contributed by atoms with van der Waals surface area (Å²) in [5.74, 6) is -0.0365. The minimum Gasteiger partial charge on any atom is -0.462 e. The molecule has 0 atom stereocenters. The molecule has 3 aromatic rings. The smallest absolute Gasteiger partial charge is 0.350 e. The fraction of sp³-hybridized carbons (Fsp3) is 0.176. The van der Waals surface area contributed by atoms with Crippen molar-refractivity contribution in [3.8, 4) is 0 Å². The molecule has 0 unspecified atom stereocenters. The molecule has 132 valence electrons. The van der Waals surface area contributed by atoms with Crippen LogP contribution in [0.3, 0.4) is 0 Å². The van der Waals surface area contributed by atoms with Gasteiger partial charge in [0.2, 0.25) is 0 Å². The Morgan fingerprint density at radius 1 is 1.38 bits per heavy atom. The first-order valence-corrected chi connectivity index (χ1v) is 9.44. The van der Waals surface area contributed by atoms with Gasteiger partial charge in [0.05, 0.1) is 23.4 Å². The van der Waals surface area contributed by atoms with Crippen molar-refractivity contribution in [3.05, 3.63) is 39.4 Å². The zero-order chi connectivity index (χ0) is 18.4. The molecule has 7 nitrogen and oxygen atoms in total. The summed E-state index contributed by atoms with van der Waals surface area (Å²) in [6.07, 6.45) is 1.39. The Bertz CT molecular complexity index is 1070. The number of esters is 1. The molecule has 9 heteroatoms. The molecule has 0 aliphatic carbocycles. The summed E-state index contributed by atoms with van der Waals surface area (Å²) >= 11 is 4.62. The van der Waals surface area contributed by atoms with Crippen molar-refractivity contribution in [2.24, 2.45) is 0 Å². The second-order valence-corrected chi connectivity index (χ2v) is 7.52. The molecule has 2 aromatic heterocycles. The van der Waals surface area contributed by atoms with Gasteiger partial charge in [-0.2, -0.15) is 0 Å². The van der Waals surface area contributed by atoms with Gasteiger partial charge in [-0.1, -0.05) is 22.0 Å². The number of anilines is 3. The van der Waals surface area contributed by atoms with Crippen molar-refractivity contribution < 1.29 is 14.3 Å². The summed E-state index contributed by atoms with van der Waals surface area (Å²) in [4.78, 5) is 36.2. The maximum atomic E-state index is 12.9. The molecule has 0 bridgehead atoms. The van der Waals surface area contributed by atoms with E-state index in [9.17, 15) is 9.59 Å². The van der Waals surface area contributed by atoms with Crippen LogP contribution in [-0.4, -0.2) is 28.6 Å². The Kier molecular flexibility index (Phi) is 4.12. The second-order valence-electron chi connectivity index (χ2n) is 5.60. The number of thiophene rings is 1. The third-order valence-electron chi connectivity index (χ3n) is 3.99. The molecular formula is C17H13BrN4O3S. The number of aromatic nitrogens is 2. The van der Waals surface area contributed by atoms with E-state index in [4.69, 9.17) is 4.74 Å². The number of hydrogen-bond acceptors (Lipinski definition) is 6. The highest BCUT2D eigenvalue weighted by Crippen LogP contribution is 2.45. The number of carbonyl (C=O) groups is 2. The van der Waals surface area contributed by atoms with Gasteiger partial charge >= 0.3 is 12.0 Å². The average Bonchev–Trinajstić information content (AvgIpc) is 2.98. The molecule has 0 saturated heterocycles. The molecule has 1 aliphatic rings. The molecule has 26 heavy (non-hydrogen) atoms. The van der Waals surface area contributed by atoms with Crippen LogP contribution in [0.2, 0.25) is 0 Å². The summed E-state index contributed by atoms with van der Waals surface area (Å²) in [5.41, 5.74) is 2.03. The van der Waals surface area contributed by atoms with Gasteiger partial charge in [0, 0.05) is 4.47 Å². The Hall–Kier alpha value is -2.52. The average molecular weight is 433 g/mol. The topological polar surface area (TPSA) is 84.4 Å². The van der Waals surface area contributed by atoms with Gasteiger partial charge in [0.25, 0.3) is 0 Å². The van der Waals surface area contributed by atoms with Crippen molar-refractivity contribution in [3.63, 3.8) is 0 Å². The molecule has 0 fully saturated rings. The van der Waals surface area contributed by atoms with Gasteiger partial charge in [0.1, 0.15) is 16.0 Å². The first kappa shape index (κ1) is 16.9. The zero-order valence-electron chi connectivity index (χ0n) is 13.9. The van der Waals surface area contributed by atoms with Crippen molar-refractivity contribution in [2.45, 2.75) is 13.8 Å². The molecule has 1 aromatic carbocycles. The lowest BCUT2D eigenvalue weighted by molar-refractivity contribution is 0.0533. The lowest BCUT2D eigenvalue weighted by Crippen LogP contribution is -2.35. The first-order valence-electron chi connectivity index (χ1n) is 7.83. The largest absolute Gasteiger partial charge is 0.462 e. The van der Waals surface area contributed by atoms with Crippen molar-refractivity contribution in [1.82, 2.24) is 9.97 Å². The number of benzene rings is 1. The predicted octanol–water partition coefficient (Wildman–Crippen LogP) is 4.62. The maximum Gasteiger partial charge on any atom is 0.350 e. The Morgan fingerprint density at radius 2 is 2.19 bits per heavy atom. The summed E-state index contributed by atoms with van der Waals surface area (Å²) in [5, 5.41) is 3.45. The van der Waals surface area contributed by atoms with Crippen molar-refractivity contribution in [2.75, 3.05) is 16.8 Å². The first-order chi connectivity index (χ1) is 12.5. The van der Waals surface area contributed by atoms with Gasteiger partial charge in [-0.05, 0) is 31.5 Å². The van der Waals surface area contributed by atoms with Gasteiger partial charge in [-0.3, -0.25) is 0 Å². The molecule has 0 radical (unpaired) electrons. The molecule has 1 aliphatic heterocycles. The number of ether oxygens (including phenoxy) is 1. The van der Waals surface area contributed by atoms with E-state index in [-0.39, 0.29) is 12.6 Å². The minimum atomic E-state index is -0.483. The highest BCUT2D eigenvalue weighted by Gasteiger charge is 2.34. The van der Waals surface area contributed by atoms with E-state index in [1.165, 1.54) is 22.6 Å². The van der Waals surface area contributed by atoms with Gasteiger partial charge < -0.3 is 10.1 Å². The SMILES string of the molecule is CCOC(=O)c1sc2ncnc3c2c1NC(=O)N3c1cc(Br)ccc1C. The predicted molar refractivity (Wildman–Crippen MR) is 103 cm³/mol. The monoisotopic (exact) mass is 432 g/mol. The standard InChI is InChI=1S/C17H13BrN4O3S/c1-3-25-16(23)13-12-11-14(19-7-20-15(11)26-13)22(17(24)21-12)10-6-9(18)5-4-8(10)2/h4-7H,3H2,1-2H3,(H,21,24). The van der Waals surface area contributed by atoms with E-state index in [1.807, 2.05) is 25.1 Å². The summed E-state index contributed by atoms with van der Waals surface area (Å²) in [7, 11) is 0. The second kappa shape index (κ2) is 6.33. The quantitative estimate of drug-likeness (QED) is 0.610. The van der Waals surface area contributed by atoms with Gasteiger partial charge in [-0.25, -0.2) is 24.5 Å². The van der Waals surface area contributed by atoms with E-state index in [1.54, 1.807) is 6.92 Å².